The summed E-state index contributed by atoms with van der Waals surface area (Å²) in [7, 11) is 1.68. The van der Waals surface area contributed by atoms with E-state index >= 15 is 0 Å². The van der Waals surface area contributed by atoms with Gasteiger partial charge in [-0.2, -0.15) is 9.78 Å². The molecule has 2 aromatic heterocycles. The standard InChI is InChI=1S/C28H36N4O3/c1-3-4-5-6-7-8-9-10-17-35-22-13-11-21(12-14-22)19-30-32-20-29-26-24-16-15-23(34-2)18-25(24)31-27(26)28(32)33/h11-14,16,18-20,23,31H,3-10,15,17H2,1-2H3. The molecule has 0 amide bonds. The number of aromatic nitrogens is 3. The number of unbranched alkanes of at least 4 members (excludes halogenated alkanes) is 7. The maximum Gasteiger partial charge on any atom is 0.298 e. The molecule has 1 unspecified atom stereocenters. The minimum absolute atomic E-state index is 0.00285. The maximum absolute atomic E-state index is 12.9. The van der Waals surface area contributed by atoms with Gasteiger partial charge in [-0.05, 0) is 48.7 Å². The summed E-state index contributed by atoms with van der Waals surface area (Å²) >= 11 is 0. The summed E-state index contributed by atoms with van der Waals surface area (Å²) in [6.45, 7) is 2.99. The van der Waals surface area contributed by atoms with Crippen molar-refractivity contribution in [1.82, 2.24) is 14.6 Å². The zero-order valence-electron chi connectivity index (χ0n) is 20.8. The number of fused-ring (bicyclic) bond motifs is 3. The lowest BCUT2D eigenvalue weighted by atomic mass is 10.1. The van der Waals surface area contributed by atoms with Crippen LogP contribution < -0.4 is 20.9 Å². The Morgan fingerprint density at radius 1 is 1.11 bits per heavy atom. The summed E-state index contributed by atoms with van der Waals surface area (Å²) in [5.74, 6) is 0.851. The average molecular weight is 477 g/mol. The molecular weight excluding hydrogens is 440 g/mol. The fraction of sp³-hybridized carbons (Fsp3) is 0.464. The zero-order chi connectivity index (χ0) is 24.5. The molecule has 7 nitrogen and oxygen atoms in total. The summed E-state index contributed by atoms with van der Waals surface area (Å²) in [6.07, 6.45) is 18.2. The summed E-state index contributed by atoms with van der Waals surface area (Å²) in [6, 6.07) is 7.75. The van der Waals surface area contributed by atoms with E-state index < -0.39 is 0 Å². The number of aromatic amines is 1. The van der Waals surface area contributed by atoms with Gasteiger partial charge in [0.05, 0.1) is 18.9 Å². The topological polar surface area (TPSA) is 81.5 Å². The largest absolute Gasteiger partial charge is 0.494 e. The third-order valence-corrected chi connectivity index (χ3v) is 6.45. The molecule has 0 spiro atoms. The van der Waals surface area contributed by atoms with Crippen molar-refractivity contribution in [2.75, 3.05) is 13.7 Å². The molecule has 1 aliphatic carbocycles. The fourth-order valence-electron chi connectivity index (χ4n) is 4.37. The van der Waals surface area contributed by atoms with Crippen molar-refractivity contribution in [3.63, 3.8) is 0 Å². The Morgan fingerprint density at radius 2 is 1.86 bits per heavy atom. The molecule has 3 aromatic rings. The Morgan fingerprint density at radius 3 is 2.60 bits per heavy atom. The Balaban J connectivity index is 1.31. The highest BCUT2D eigenvalue weighted by molar-refractivity contribution is 5.80. The van der Waals surface area contributed by atoms with E-state index in [4.69, 9.17) is 9.47 Å². The fourth-order valence-corrected chi connectivity index (χ4v) is 4.37. The quantitative estimate of drug-likeness (QED) is 0.297. The minimum Gasteiger partial charge on any atom is -0.494 e. The Hall–Kier alpha value is -3.19. The second-order valence-electron chi connectivity index (χ2n) is 9.09. The summed E-state index contributed by atoms with van der Waals surface area (Å²) in [5, 5.41) is 6.14. The van der Waals surface area contributed by atoms with Crippen LogP contribution in [0, 0.1) is 0 Å². The monoisotopic (exact) mass is 476 g/mol. The van der Waals surface area contributed by atoms with E-state index in [9.17, 15) is 4.79 Å². The molecule has 0 saturated carbocycles. The van der Waals surface area contributed by atoms with Crippen LogP contribution in [0.5, 0.6) is 5.75 Å². The smallest absolute Gasteiger partial charge is 0.298 e. The molecule has 1 N–H and O–H groups in total. The van der Waals surface area contributed by atoms with Crippen molar-refractivity contribution in [3.05, 3.63) is 57.1 Å². The second-order valence-corrected chi connectivity index (χ2v) is 9.09. The molecule has 2 heterocycles. The Labute approximate surface area is 206 Å². The van der Waals surface area contributed by atoms with Crippen LogP contribution in [0.4, 0.5) is 0 Å². The highest BCUT2D eigenvalue weighted by atomic mass is 16.5. The Bertz CT molecular complexity index is 1300. The lowest BCUT2D eigenvalue weighted by molar-refractivity contribution is 0.157. The number of benzene rings is 1. The molecule has 0 aliphatic heterocycles. The summed E-state index contributed by atoms with van der Waals surface area (Å²) < 4.78 is 12.5. The molecule has 0 fully saturated rings. The van der Waals surface area contributed by atoms with Gasteiger partial charge in [-0.15, -0.1) is 0 Å². The van der Waals surface area contributed by atoms with Gasteiger partial charge in [0.2, 0.25) is 0 Å². The molecule has 0 saturated heterocycles. The van der Waals surface area contributed by atoms with Gasteiger partial charge in [-0.1, -0.05) is 57.9 Å². The van der Waals surface area contributed by atoms with Crippen LogP contribution >= 0.6 is 0 Å². The molecule has 186 valence electrons. The van der Waals surface area contributed by atoms with Crippen molar-refractivity contribution in [2.24, 2.45) is 5.10 Å². The molecule has 1 aliphatic rings. The van der Waals surface area contributed by atoms with Crippen LogP contribution in [0.25, 0.3) is 23.2 Å². The summed E-state index contributed by atoms with van der Waals surface area (Å²) in [5.41, 5.74) is 1.76. The predicted octanol–water partition coefficient (Wildman–Crippen LogP) is 4.11. The molecule has 0 radical (unpaired) electrons. The molecule has 1 atom stereocenters. The maximum atomic E-state index is 12.9. The van der Waals surface area contributed by atoms with Gasteiger partial charge in [0.25, 0.3) is 5.56 Å². The Kier molecular flexibility index (Phi) is 8.90. The van der Waals surface area contributed by atoms with Gasteiger partial charge >= 0.3 is 0 Å². The average Bonchev–Trinajstić information content (AvgIpc) is 3.26. The number of hydrogen-bond acceptors (Lipinski definition) is 5. The first-order valence-electron chi connectivity index (χ1n) is 12.8. The number of nitrogens with zero attached hydrogens (tertiary/aromatic N) is 3. The molecule has 0 bridgehead atoms. The minimum atomic E-state index is -0.235. The molecular formula is C28H36N4O3. The van der Waals surface area contributed by atoms with Crippen LogP contribution in [-0.4, -0.2) is 40.7 Å². The summed E-state index contributed by atoms with van der Waals surface area (Å²) in [4.78, 5) is 20.6. The van der Waals surface area contributed by atoms with Crippen LogP contribution in [-0.2, 0) is 4.74 Å². The zero-order valence-corrected chi connectivity index (χ0v) is 20.8. The molecule has 4 rings (SSSR count). The van der Waals surface area contributed by atoms with Gasteiger partial charge < -0.3 is 14.5 Å². The normalized spacial score (nSPS) is 15.2. The highest BCUT2D eigenvalue weighted by Crippen LogP contribution is 2.13. The van der Waals surface area contributed by atoms with Crippen molar-refractivity contribution in [1.29, 1.82) is 0 Å². The number of ether oxygens (including phenoxy) is 2. The first kappa shape index (κ1) is 24.9. The van der Waals surface area contributed by atoms with Crippen molar-refractivity contribution in [3.8, 4) is 5.75 Å². The number of rotatable bonds is 13. The van der Waals surface area contributed by atoms with E-state index in [-0.39, 0.29) is 11.7 Å². The van der Waals surface area contributed by atoms with Gasteiger partial charge in [0, 0.05) is 17.7 Å². The van der Waals surface area contributed by atoms with Gasteiger partial charge in [0.15, 0.2) is 0 Å². The van der Waals surface area contributed by atoms with Crippen molar-refractivity contribution in [2.45, 2.75) is 70.8 Å². The first-order valence-corrected chi connectivity index (χ1v) is 12.8. The van der Waals surface area contributed by atoms with E-state index in [1.807, 2.05) is 30.3 Å². The SMILES string of the molecule is CCCCCCCCCCOc1ccc(C=Nn2cnc3c4c([nH]c3c2=O)=CC(OC)CC=4)cc1. The second kappa shape index (κ2) is 12.5. The van der Waals surface area contributed by atoms with E-state index in [0.29, 0.717) is 11.0 Å². The number of methoxy groups -OCH3 is 1. The van der Waals surface area contributed by atoms with Crippen LogP contribution in [0.3, 0.4) is 0 Å². The van der Waals surface area contributed by atoms with Gasteiger partial charge in [-0.25, -0.2) is 4.98 Å². The van der Waals surface area contributed by atoms with E-state index in [1.54, 1.807) is 13.3 Å². The number of hydrogen-bond donors (Lipinski definition) is 1. The van der Waals surface area contributed by atoms with E-state index in [0.717, 1.165) is 41.3 Å². The van der Waals surface area contributed by atoms with Crippen LogP contribution in [0.2, 0.25) is 0 Å². The molecule has 7 heteroatoms. The predicted molar refractivity (Wildman–Crippen MR) is 141 cm³/mol. The highest BCUT2D eigenvalue weighted by Gasteiger charge is 2.13. The number of H-pyrrole nitrogens is 1. The van der Waals surface area contributed by atoms with Gasteiger partial charge in [-0.3, -0.25) is 4.79 Å². The van der Waals surface area contributed by atoms with Gasteiger partial charge in [0.1, 0.15) is 23.1 Å². The molecule has 1 aromatic carbocycles. The molecule has 35 heavy (non-hydrogen) atoms. The van der Waals surface area contributed by atoms with Crippen LogP contribution in [0.1, 0.15) is 70.3 Å². The lowest BCUT2D eigenvalue weighted by Gasteiger charge is -2.09. The van der Waals surface area contributed by atoms with Crippen molar-refractivity contribution < 1.29 is 9.47 Å². The van der Waals surface area contributed by atoms with E-state index in [1.165, 1.54) is 55.9 Å². The third-order valence-electron chi connectivity index (χ3n) is 6.45. The number of nitrogens with one attached hydrogen (secondary N) is 1. The van der Waals surface area contributed by atoms with Crippen molar-refractivity contribution >= 4 is 29.4 Å². The van der Waals surface area contributed by atoms with E-state index in [2.05, 4.69) is 28.1 Å². The first-order chi connectivity index (χ1) is 17.2. The van der Waals surface area contributed by atoms with Crippen LogP contribution in [0.15, 0.2) is 40.5 Å². The third kappa shape index (κ3) is 6.48. The lowest BCUT2D eigenvalue weighted by Crippen LogP contribution is -2.30.